The molecular weight excluding hydrogens is 206 g/mol. The summed E-state index contributed by atoms with van der Waals surface area (Å²) >= 11 is 0. The highest BCUT2D eigenvalue weighted by atomic mass is 16.3. The van der Waals surface area contributed by atoms with Crippen LogP contribution in [0.5, 0.6) is 0 Å². The summed E-state index contributed by atoms with van der Waals surface area (Å²) in [6.45, 7) is 5.62. The van der Waals surface area contributed by atoms with E-state index in [9.17, 15) is 4.79 Å². The monoisotopic (exact) mass is 225 g/mol. The van der Waals surface area contributed by atoms with Crippen molar-refractivity contribution in [1.29, 1.82) is 0 Å². The number of nitrogens with zero attached hydrogens (tertiary/aromatic N) is 2. The number of nitrogens with one attached hydrogen (secondary N) is 1. The van der Waals surface area contributed by atoms with Crippen LogP contribution in [-0.2, 0) is 4.79 Å². The SMILES string of the molecule is CC(C(=O)NC(C)(C)CCO)n1cccn1. The van der Waals surface area contributed by atoms with Gasteiger partial charge in [-0.1, -0.05) is 0 Å². The van der Waals surface area contributed by atoms with Gasteiger partial charge >= 0.3 is 0 Å². The van der Waals surface area contributed by atoms with Gasteiger partial charge in [0, 0.05) is 24.5 Å². The average molecular weight is 225 g/mol. The highest BCUT2D eigenvalue weighted by Gasteiger charge is 2.23. The summed E-state index contributed by atoms with van der Waals surface area (Å²) in [5.41, 5.74) is -0.396. The molecule has 1 atom stereocenters. The largest absolute Gasteiger partial charge is 0.396 e. The number of carbonyl (C=O) groups excluding carboxylic acids is 1. The number of amides is 1. The maximum Gasteiger partial charge on any atom is 0.244 e. The number of aliphatic hydroxyl groups is 1. The van der Waals surface area contributed by atoms with Crippen molar-refractivity contribution >= 4 is 5.91 Å². The van der Waals surface area contributed by atoms with Crippen molar-refractivity contribution in [2.24, 2.45) is 0 Å². The topological polar surface area (TPSA) is 67.2 Å². The molecule has 0 fully saturated rings. The summed E-state index contributed by atoms with van der Waals surface area (Å²) in [7, 11) is 0. The van der Waals surface area contributed by atoms with Gasteiger partial charge in [-0.15, -0.1) is 0 Å². The third-order valence-electron chi connectivity index (χ3n) is 2.50. The zero-order valence-corrected chi connectivity index (χ0v) is 9.97. The summed E-state index contributed by atoms with van der Waals surface area (Å²) in [6.07, 6.45) is 3.93. The zero-order valence-electron chi connectivity index (χ0n) is 9.97. The van der Waals surface area contributed by atoms with E-state index in [-0.39, 0.29) is 18.6 Å². The highest BCUT2D eigenvalue weighted by molar-refractivity contribution is 5.80. The predicted molar refractivity (Wildman–Crippen MR) is 60.9 cm³/mol. The molecule has 0 aliphatic rings. The lowest BCUT2D eigenvalue weighted by atomic mass is 10.0. The molecule has 1 unspecified atom stereocenters. The van der Waals surface area contributed by atoms with E-state index in [2.05, 4.69) is 10.4 Å². The number of carbonyl (C=O) groups is 1. The molecule has 0 aliphatic heterocycles. The van der Waals surface area contributed by atoms with Crippen molar-refractivity contribution in [2.75, 3.05) is 6.61 Å². The minimum Gasteiger partial charge on any atom is -0.396 e. The molecule has 90 valence electrons. The molecule has 1 amide bonds. The second-order valence-corrected chi connectivity index (χ2v) is 4.51. The second-order valence-electron chi connectivity index (χ2n) is 4.51. The van der Waals surface area contributed by atoms with Crippen LogP contribution in [0.3, 0.4) is 0 Å². The molecule has 1 rings (SSSR count). The molecule has 1 aromatic rings. The molecule has 5 heteroatoms. The molecule has 0 saturated carbocycles. The molecule has 0 saturated heterocycles. The summed E-state index contributed by atoms with van der Waals surface area (Å²) in [6, 6.07) is 1.44. The molecule has 0 aromatic carbocycles. The number of hydrogen-bond donors (Lipinski definition) is 2. The van der Waals surface area contributed by atoms with Gasteiger partial charge in [-0.25, -0.2) is 0 Å². The van der Waals surface area contributed by atoms with E-state index in [1.807, 2.05) is 13.8 Å². The van der Waals surface area contributed by atoms with E-state index in [4.69, 9.17) is 5.11 Å². The number of rotatable bonds is 5. The first-order valence-corrected chi connectivity index (χ1v) is 5.38. The smallest absolute Gasteiger partial charge is 0.244 e. The number of aromatic nitrogens is 2. The molecule has 2 N–H and O–H groups in total. The maximum atomic E-state index is 11.9. The van der Waals surface area contributed by atoms with E-state index in [1.54, 1.807) is 30.1 Å². The molecule has 0 spiro atoms. The van der Waals surface area contributed by atoms with Crippen molar-refractivity contribution < 1.29 is 9.90 Å². The Morgan fingerprint density at radius 2 is 2.31 bits per heavy atom. The van der Waals surface area contributed by atoms with Gasteiger partial charge in [-0.2, -0.15) is 5.10 Å². The van der Waals surface area contributed by atoms with E-state index in [0.29, 0.717) is 6.42 Å². The number of aliphatic hydroxyl groups excluding tert-OH is 1. The standard InChI is InChI=1S/C11H19N3O2/c1-9(14-7-4-6-12-14)10(16)13-11(2,3)5-8-15/h4,6-7,9,15H,5,8H2,1-3H3,(H,13,16). The van der Waals surface area contributed by atoms with E-state index < -0.39 is 5.54 Å². The van der Waals surface area contributed by atoms with Crippen LogP contribution in [0, 0.1) is 0 Å². The van der Waals surface area contributed by atoms with Crippen molar-refractivity contribution in [3.63, 3.8) is 0 Å². The molecule has 0 aliphatic carbocycles. The summed E-state index contributed by atoms with van der Waals surface area (Å²) in [4.78, 5) is 11.9. The third-order valence-corrected chi connectivity index (χ3v) is 2.50. The Morgan fingerprint density at radius 3 is 2.81 bits per heavy atom. The summed E-state index contributed by atoms with van der Waals surface area (Å²) < 4.78 is 1.60. The van der Waals surface area contributed by atoms with Gasteiger partial charge in [-0.3, -0.25) is 9.48 Å². The predicted octanol–water partition coefficient (Wildman–Crippen LogP) is 0.721. The van der Waals surface area contributed by atoms with Crippen molar-refractivity contribution in [2.45, 2.75) is 38.8 Å². The van der Waals surface area contributed by atoms with Gasteiger partial charge in [0.05, 0.1) is 0 Å². The van der Waals surface area contributed by atoms with Gasteiger partial charge in [0.2, 0.25) is 5.91 Å². The molecule has 0 bridgehead atoms. The van der Waals surface area contributed by atoms with E-state index >= 15 is 0 Å². The van der Waals surface area contributed by atoms with Crippen LogP contribution in [-0.4, -0.2) is 32.9 Å². The fourth-order valence-electron chi connectivity index (χ4n) is 1.41. The number of hydrogen-bond acceptors (Lipinski definition) is 3. The molecule has 1 heterocycles. The summed E-state index contributed by atoms with van der Waals surface area (Å²) in [5, 5.41) is 15.8. The van der Waals surface area contributed by atoms with Gasteiger partial charge in [0.1, 0.15) is 6.04 Å². The van der Waals surface area contributed by atoms with Crippen molar-refractivity contribution in [3.8, 4) is 0 Å². The minimum absolute atomic E-state index is 0.0590. The first kappa shape index (κ1) is 12.7. The Hall–Kier alpha value is -1.36. The Labute approximate surface area is 95.5 Å². The lowest BCUT2D eigenvalue weighted by Crippen LogP contribution is -2.46. The van der Waals surface area contributed by atoms with Gasteiger partial charge in [0.15, 0.2) is 0 Å². The van der Waals surface area contributed by atoms with Crippen molar-refractivity contribution in [1.82, 2.24) is 15.1 Å². The molecule has 0 radical (unpaired) electrons. The highest BCUT2D eigenvalue weighted by Crippen LogP contribution is 2.11. The fraction of sp³-hybridized carbons (Fsp3) is 0.636. The Balaban J connectivity index is 2.59. The zero-order chi connectivity index (χ0) is 12.2. The molecule has 1 aromatic heterocycles. The Kier molecular flexibility index (Phi) is 4.06. The fourth-order valence-corrected chi connectivity index (χ4v) is 1.41. The van der Waals surface area contributed by atoms with Crippen LogP contribution in [0.1, 0.15) is 33.2 Å². The first-order valence-electron chi connectivity index (χ1n) is 5.38. The van der Waals surface area contributed by atoms with Gasteiger partial charge in [0.25, 0.3) is 0 Å². The van der Waals surface area contributed by atoms with Gasteiger partial charge < -0.3 is 10.4 Å². The summed E-state index contributed by atoms with van der Waals surface area (Å²) in [5.74, 6) is -0.0952. The normalized spacial score (nSPS) is 13.5. The van der Waals surface area contributed by atoms with Crippen molar-refractivity contribution in [3.05, 3.63) is 18.5 Å². The minimum atomic E-state index is -0.396. The average Bonchev–Trinajstić information content (AvgIpc) is 2.68. The van der Waals surface area contributed by atoms with Crippen LogP contribution in [0.4, 0.5) is 0 Å². The van der Waals surface area contributed by atoms with E-state index in [0.717, 1.165) is 0 Å². The van der Waals surface area contributed by atoms with E-state index in [1.165, 1.54) is 0 Å². The Morgan fingerprint density at radius 1 is 1.62 bits per heavy atom. The van der Waals surface area contributed by atoms with Crippen LogP contribution in [0.15, 0.2) is 18.5 Å². The van der Waals surface area contributed by atoms with Crippen LogP contribution < -0.4 is 5.32 Å². The molecule has 5 nitrogen and oxygen atoms in total. The van der Waals surface area contributed by atoms with Crippen LogP contribution >= 0.6 is 0 Å². The molecular formula is C11H19N3O2. The van der Waals surface area contributed by atoms with Crippen LogP contribution in [0.25, 0.3) is 0 Å². The van der Waals surface area contributed by atoms with Crippen LogP contribution in [0.2, 0.25) is 0 Å². The Bertz CT molecular complexity index is 333. The molecule has 16 heavy (non-hydrogen) atoms. The second kappa shape index (κ2) is 5.12. The lowest BCUT2D eigenvalue weighted by molar-refractivity contribution is -0.125. The quantitative estimate of drug-likeness (QED) is 0.776. The lowest BCUT2D eigenvalue weighted by Gasteiger charge is -2.27. The maximum absolute atomic E-state index is 11.9. The van der Waals surface area contributed by atoms with Gasteiger partial charge in [-0.05, 0) is 33.3 Å². The third kappa shape index (κ3) is 3.34. The first-order chi connectivity index (χ1) is 7.46.